The summed E-state index contributed by atoms with van der Waals surface area (Å²) in [6, 6.07) is 31.4. The van der Waals surface area contributed by atoms with Gasteiger partial charge in [-0.15, -0.1) is 0 Å². The van der Waals surface area contributed by atoms with E-state index in [1.807, 2.05) is 157 Å². The Morgan fingerprint density at radius 1 is 0.413 bits per heavy atom. The zero-order valence-electron chi connectivity index (χ0n) is 29.0. The van der Waals surface area contributed by atoms with Crippen molar-refractivity contribution >= 4 is 22.7 Å². The van der Waals surface area contributed by atoms with E-state index < -0.39 is 0 Å². The fraction of sp³-hybridized carbons (Fsp3) is 0.278. The van der Waals surface area contributed by atoms with Crippen molar-refractivity contribution in [2.45, 2.75) is 41.5 Å². The predicted octanol–water partition coefficient (Wildman–Crippen LogP) is 12.9. The first-order valence-electron chi connectivity index (χ1n) is 14.3. The Labute approximate surface area is 298 Å². The minimum atomic E-state index is 0.812. The topological polar surface area (TPSA) is 106 Å². The molecule has 0 amide bonds. The molecule has 46 heavy (non-hydrogen) atoms. The number of hydrogen-bond acceptors (Lipinski definition) is 4. The first-order chi connectivity index (χ1) is 22.3. The van der Waals surface area contributed by atoms with E-state index in [1.54, 1.807) is 42.0 Å². The van der Waals surface area contributed by atoms with Crippen molar-refractivity contribution < 1.29 is 31.9 Å². The fourth-order valence-corrected chi connectivity index (χ4v) is 2.70. The van der Waals surface area contributed by atoms with E-state index in [4.69, 9.17) is 0 Å². The van der Waals surface area contributed by atoms with E-state index in [-0.39, 0.29) is 0 Å². The molecule has 4 aromatic carbocycles. The molecule has 0 aliphatic heterocycles. The first-order valence-corrected chi connectivity index (χ1v) is 20.0. The van der Waals surface area contributed by atoms with Gasteiger partial charge in [-0.1, -0.05) is 119 Å². The molecule has 0 saturated carbocycles. The molecule has 252 valence electrons. The van der Waals surface area contributed by atoms with Crippen LogP contribution in [0, 0.1) is 41.5 Å². The maximum atomic E-state index is 4.02. The SMILES string of the molecule is C[N-]C.C[N-]C.Cc1ccc(N=N[N-]c2ccc(C)cc2)cc1.Cc1ccc(N=N[N-]c2ccc(C)cc2)cc1.[CH2-]C.[CH2-]C.[Mo]#[Mo]. The molecule has 0 atom stereocenters. The van der Waals surface area contributed by atoms with Gasteiger partial charge in [0.1, 0.15) is 0 Å². The van der Waals surface area contributed by atoms with Crippen LogP contribution in [0.15, 0.2) is 118 Å². The summed E-state index contributed by atoms with van der Waals surface area (Å²) in [5, 5.41) is 22.7. The van der Waals surface area contributed by atoms with Gasteiger partial charge in [-0.3, -0.25) is 10.4 Å². The number of benzene rings is 4. The van der Waals surface area contributed by atoms with E-state index in [1.165, 1.54) is 22.3 Å². The Balaban J connectivity index is -0.000000603. The molecular weight excluding hydrogens is 736 g/mol. The molecular formula is C36H50Mo2N8-6. The Hall–Kier alpha value is -3.02. The molecule has 0 saturated heterocycles. The van der Waals surface area contributed by atoms with Crippen molar-refractivity contribution in [2.24, 2.45) is 20.7 Å². The van der Waals surface area contributed by atoms with Crippen LogP contribution in [0.25, 0.3) is 21.5 Å². The molecule has 0 heterocycles. The molecule has 0 spiro atoms. The second-order valence-corrected chi connectivity index (χ2v) is 8.82. The van der Waals surface area contributed by atoms with Crippen LogP contribution in [-0.2, 0) is 31.9 Å². The average molecular weight is 787 g/mol. The van der Waals surface area contributed by atoms with Gasteiger partial charge in [-0.2, -0.15) is 42.0 Å². The predicted molar refractivity (Wildman–Crippen MR) is 192 cm³/mol. The Bertz CT molecular complexity index is 1190. The third-order valence-corrected chi connectivity index (χ3v) is 4.78. The number of aryl methyl sites for hydroxylation is 4. The standard InChI is InChI=1S/2C14H14N3.2C2H6N.2C2H5.2Mo/c2*1-11-3-7-13(8-4-11)15-17-16-14-9-5-12(2)6-10-14;2*1-3-2;2*1-2;;/h2*3-10H,1-2H3;2*1-2H3;2*1H2,2H3;;/q6*-1;;. The summed E-state index contributed by atoms with van der Waals surface area (Å²) in [7, 11) is 7.00. The van der Waals surface area contributed by atoms with Crippen LogP contribution >= 0.6 is 0 Å². The molecule has 0 bridgehead atoms. The number of hydrogen-bond donors (Lipinski definition) is 0. The van der Waals surface area contributed by atoms with Gasteiger partial charge < -0.3 is 45.6 Å². The number of rotatable bonds is 6. The van der Waals surface area contributed by atoms with E-state index >= 15 is 0 Å². The molecule has 4 aromatic rings. The van der Waals surface area contributed by atoms with Crippen molar-refractivity contribution in [1.29, 1.82) is 0 Å². The number of nitrogens with zero attached hydrogens (tertiary/aromatic N) is 8. The summed E-state index contributed by atoms with van der Waals surface area (Å²) in [4.78, 5) is 0. The van der Waals surface area contributed by atoms with Crippen molar-refractivity contribution in [1.82, 2.24) is 0 Å². The second-order valence-electron chi connectivity index (χ2n) is 8.82. The Kier molecular flexibility index (Phi) is 35.9. The molecule has 4 rings (SSSR count). The Morgan fingerprint density at radius 2 is 0.609 bits per heavy atom. The van der Waals surface area contributed by atoms with Gasteiger partial charge in [0.2, 0.25) is 0 Å². The molecule has 0 aromatic heterocycles. The summed E-state index contributed by atoms with van der Waals surface area (Å²) in [5.74, 6) is 0. The van der Waals surface area contributed by atoms with Gasteiger partial charge in [-0.05, 0) is 50.4 Å². The fourth-order valence-electron chi connectivity index (χ4n) is 2.70. The van der Waals surface area contributed by atoms with E-state index in [0.717, 1.165) is 22.7 Å². The van der Waals surface area contributed by atoms with Crippen molar-refractivity contribution in [3.63, 3.8) is 0 Å². The van der Waals surface area contributed by atoms with E-state index in [2.05, 4.69) is 56.0 Å². The first kappa shape index (κ1) is 47.4. The van der Waals surface area contributed by atoms with E-state index in [0.29, 0.717) is 0 Å². The monoisotopic (exact) mass is 790 g/mol. The summed E-state index contributed by atoms with van der Waals surface area (Å²) in [6.07, 6.45) is 0. The van der Waals surface area contributed by atoms with Gasteiger partial charge in [0.05, 0.1) is 0 Å². The van der Waals surface area contributed by atoms with Gasteiger partial charge in [-0.25, -0.2) is 0 Å². The summed E-state index contributed by atoms with van der Waals surface area (Å²) in [5.41, 5.74) is 16.1. The molecule has 8 nitrogen and oxygen atoms in total. The quantitative estimate of drug-likeness (QED) is 0.0803. The van der Waals surface area contributed by atoms with Crippen LogP contribution in [0.2, 0.25) is 0 Å². The third kappa shape index (κ3) is 27.3. The van der Waals surface area contributed by atoms with Gasteiger partial charge in [0.25, 0.3) is 0 Å². The van der Waals surface area contributed by atoms with Gasteiger partial charge in [0.15, 0.2) is 0 Å². The van der Waals surface area contributed by atoms with Crippen LogP contribution < -0.4 is 0 Å². The molecule has 0 aliphatic rings. The van der Waals surface area contributed by atoms with Crippen molar-refractivity contribution in [2.75, 3.05) is 28.2 Å². The van der Waals surface area contributed by atoms with Gasteiger partial charge >= 0.3 is 31.9 Å². The molecule has 0 radical (unpaired) electrons. The van der Waals surface area contributed by atoms with Crippen LogP contribution in [0.4, 0.5) is 22.7 Å². The average Bonchev–Trinajstić information content (AvgIpc) is 3.09. The van der Waals surface area contributed by atoms with Crippen molar-refractivity contribution in [3.05, 3.63) is 155 Å². The van der Waals surface area contributed by atoms with Crippen LogP contribution in [0.3, 0.4) is 0 Å². The second kappa shape index (κ2) is 34.8. The minimum absolute atomic E-state index is 0.812. The zero-order valence-corrected chi connectivity index (χ0v) is 33.1. The molecule has 0 unspecified atom stereocenters. The normalized spacial score (nSPS) is 9.00. The molecule has 0 aliphatic carbocycles. The zero-order chi connectivity index (χ0) is 35.6. The molecule has 0 N–H and O–H groups in total. The summed E-state index contributed by atoms with van der Waals surface area (Å²) < 4.78 is 0. The van der Waals surface area contributed by atoms with Gasteiger partial charge in [0, 0.05) is 0 Å². The third-order valence-electron chi connectivity index (χ3n) is 4.78. The maximum absolute atomic E-state index is 4.02. The molecule has 0 fully saturated rings. The van der Waals surface area contributed by atoms with E-state index in [9.17, 15) is 0 Å². The van der Waals surface area contributed by atoms with Crippen LogP contribution in [-0.4, -0.2) is 28.2 Å². The summed E-state index contributed by atoms with van der Waals surface area (Å²) >= 11 is 3.92. The van der Waals surface area contributed by atoms with Crippen LogP contribution in [0.1, 0.15) is 36.1 Å². The summed E-state index contributed by atoms with van der Waals surface area (Å²) in [6.45, 7) is 18.2. The Morgan fingerprint density at radius 3 is 0.826 bits per heavy atom. The van der Waals surface area contributed by atoms with Crippen molar-refractivity contribution in [3.8, 4) is 0 Å². The molecule has 10 heteroatoms. The van der Waals surface area contributed by atoms with Crippen LogP contribution in [0.5, 0.6) is 0 Å².